The summed E-state index contributed by atoms with van der Waals surface area (Å²) in [7, 11) is -4.10. The van der Waals surface area contributed by atoms with Crippen LogP contribution in [-0.4, -0.2) is 81.9 Å². The normalized spacial score (nSPS) is 15.8. The largest absolute Gasteiger partial charge is 0.381 e. The maximum absolute atomic E-state index is 13.4. The fourth-order valence-electron chi connectivity index (χ4n) is 7.26. The Bertz CT molecular complexity index is 2260. The number of carbonyl (C=O) groups is 1. The van der Waals surface area contributed by atoms with Gasteiger partial charge in [0.25, 0.3) is 15.9 Å². The molecule has 0 saturated carbocycles. The molecular formula is C46H49ClN4O4S2. The second-order valence-electron chi connectivity index (χ2n) is 14.6. The van der Waals surface area contributed by atoms with Crippen LogP contribution in [0.5, 0.6) is 0 Å². The van der Waals surface area contributed by atoms with Crippen molar-refractivity contribution in [3.05, 3.63) is 155 Å². The Labute approximate surface area is 346 Å². The molecule has 0 bridgehead atoms. The quantitative estimate of drug-likeness (QED) is 0.101. The summed E-state index contributed by atoms with van der Waals surface area (Å²) < 4.78 is 34.7. The zero-order valence-electron chi connectivity index (χ0n) is 32.2. The summed E-state index contributed by atoms with van der Waals surface area (Å²) in [5.41, 5.74) is 7.81. The third-order valence-corrected chi connectivity index (χ3v) is 13.3. The summed E-state index contributed by atoms with van der Waals surface area (Å²) in [6.45, 7) is 8.76. The van der Waals surface area contributed by atoms with Gasteiger partial charge in [-0.15, -0.1) is 11.8 Å². The first-order chi connectivity index (χ1) is 27.7. The molecule has 1 fully saturated rings. The maximum Gasteiger partial charge on any atom is 0.264 e. The highest BCUT2D eigenvalue weighted by Crippen LogP contribution is 2.29. The zero-order valence-corrected chi connectivity index (χ0v) is 34.6. The van der Waals surface area contributed by atoms with E-state index in [-0.39, 0.29) is 16.5 Å². The van der Waals surface area contributed by atoms with Crippen LogP contribution in [0.15, 0.2) is 137 Å². The number of aryl methyl sites for hydroxylation is 1. The Morgan fingerprint density at radius 3 is 2.28 bits per heavy atom. The molecule has 1 saturated heterocycles. The molecule has 57 heavy (non-hydrogen) atoms. The molecule has 0 radical (unpaired) electrons. The molecule has 296 valence electrons. The molecular weight excluding hydrogens is 772 g/mol. The molecule has 0 spiro atoms. The summed E-state index contributed by atoms with van der Waals surface area (Å²) >= 11 is 7.93. The van der Waals surface area contributed by atoms with Gasteiger partial charge in [-0.3, -0.25) is 14.6 Å². The minimum Gasteiger partial charge on any atom is -0.381 e. The van der Waals surface area contributed by atoms with Crippen molar-refractivity contribution in [1.29, 1.82) is 0 Å². The number of ether oxygens (including phenoxy) is 1. The van der Waals surface area contributed by atoms with Gasteiger partial charge in [-0.05, 0) is 108 Å². The first-order valence-corrected chi connectivity index (χ1v) is 22.3. The number of nitrogens with one attached hydrogen (secondary N) is 2. The standard InChI is InChI=1S/C46H49ClN4O4S2/c1-34-31-43(19-20-45(34)48-41(23-26-50-27-29-55-30-28-50)33-56-42-8-3-2-4-9-42)57(53,54)49-46(52)38-13-11-35(12-14-38)36-21-24-51(25-22-36)32-39-7-5-6-10-44(39)37-15-17-40(47)18-16-37/h2-21,31,41,48H,22-30,32-33H2,1H3,(H,49,52)/t41-/m1/s1. The second-order valence-corrected chi connectivity index (χ2v) is 17.8. The van der Waals surface area contributed by atoms with Crippen LogP contribution >= 0.6 is 23.4 Å². The van der Waals surface area contributed by atoms with E-state index in [4.69, 9.17) is 16.3 Å². The molecule has 8 nitrogen and oxygen atoms in total. The monoisotopic (exact) mass is 820 g/mol. The molecule has 7 rings (SSSR count). The van der Waals surface area contributed by atoms with Crippen molar-refractivity contribution in [2.24, 2.45) is 0 Å². The molecule has 0 aromatic heterocycles. The summed E-state index contributed by atoms with van der Waals surface area (Å²) in [5, 5.41) is 4.41. The van der Waals surface area contributed by atoms with Gasteiger partial charge in [-0.2, -0.15) is 0 Å². The van der Waals surface area contributed by atoms with Crippen molar-refractivity contribution in [3.8, 4) is 11.1 Å². The number of thioether (sulfide) groups is 1. The number of halogens is 1. The Kier molecular flexibility index (Phi) is 13.8. The van der Waals surface area contributed by atoms with Gasteiger partial charge in [0.2, 0.25) is 0 Å². The van der Waals surface area contributed by atoms with Crippen LogP contribution in [0.3, 0.4) is 0 Å². The van der Waals surface area contributed by atoms with E-state index in [2.05, 4.69) is 74.4 Å². The van der Waals surface area contributed by atoms with Crippen molar-refractivity contribution in [3.63, 3.8) is 0 Å². The molecule has 1 atom stereocenters. The van der Waals surface area contributed by atoms with Crippen molar-refractivity contribution < 1.29 is 17.9 Å². The topological polar surface area (TPSA) is 91.0 Å². The smallest absolute Gasteiger partial charge is 0.264 e. The number of benzene rings is 5. The molecule has 5 aromatic carbocycles. The zero-order chi connectivity index (χ0) is 39.6. The first-order valence-electron chi connectivity index (χ1n) is 19.5. The number of nitrogens with zero attached hydrogens (tertiary/aromatic N) is 2. The molecule has 2 aliphatic rings. The Balaban J connectivity index is 0.946. The van der Waals surface area contributed by atoms with Crippen LogP contribution in [0.4, 0.5) is 5.69 Å². The van der Waals surface area contributed by atoms with Crippen LogP contribution in [0.1, 0.15) is 39.9 Å². The highest BCUT2D eigenvalue weighted by atomic mass is 35.5. The number of carbonyl (C=O) groups excluding carboxylic acids is 1. The van der Waals surface area contributed by atoms with Gasteiger partial charge in [0.1, 0.15) is 0 Å². The summed E-state index contributed by atoms with van der Waals surface area (Å²) in [4.78, 5) is 19.3. The number of anilines is 1. The highest BCUT2D eigenvalue weighted by Gasteiger charge is 2.22. The van der Waals surface area contributed by atoms with E-state index in [1.807, 2.05) is 49.4 Å². The predicted octanol–water partition coefficient (Wildman–Crippen LogP) is 9.02. The average Bonchev–Trinajstić information content (AvgIpc) is 3.24. The lowest BCUT2D eigenvalue weighted by atomic mass is 9.96. The number of hydrogen-bond donors (Lipinski definition) is 2. The van der Waals surface area contributed by atoms with E-state index in [9.17, 15) is 13.2 Å². The van der Waals surface area contributed by atoms with E-state index < -0.39 is 15.9 Å². The molecule has 5 aromatic rings. The van der Waals surface area contributed by atoms with E-state index in [0.717, 1.165) is 98.5 Å². The summed E-state index contributed by atoms with van der Waals surface area (Å²) in [6.07, 6.45) is 4.04. The predicted molar refractivity (Wildman–Crippen MR) is 233 cm³/mol. The molecule has 2 aliphatic heterocycles. The SMILES string of the molecule is Cc1cc(S(=O)(=O)NC(=O)c2ccc(C3=CCN(Cc4ccccc4-c4ccc(Cl)cc4)CC3)cc2)ccc1N[C@H](CCN1CCOCC1)CSc1ccccc1. The molecule has 0 aliphatic carbocycles. The fraction of sp³-hybridized carbons (Fsp3) is 0.283. The van der Waals surface area contributed by atoms with E-state index in [0.29, 0.717) is 0 Å². The van der Waals surface area contributed by atoms with Crippen LogP contribution in [0, 0.1) is 6.92 Å². The van der Waals surface area contributed by atoms with Crippen molar-refractivity contribution in [2.75, 3.05) is 57.0 Å². The fourth-order valence-corrected chi connectivity index (χ4v) is 9.44. The number of amides is 1. The van der Waals surface area contributed by atoms with Gasteiger partial charge < -0.3 is 10.1 Å². The summed E-state index contributed by atoms with van der Waals surface area (Å²) in [5.74, 6) is 0.199. The van der Waals surface area contributed by atoms with Crippen LogP contribution in [-0.2, 0) is 21.3 Å². The minimum atomic E-state index is -4.10. The van der Waals surface area contributed by atoms with Gasteiger partial charge >= 0.3 is 0 Å². The number of sulfonamides is 1. The van der Waals surface area contributed by atoms with Gasteiger partial charge in [0, 0.05) is 72.2 Å². The van der Waals surface area contributed by atoms with Crippen LogP contribution in [0.2, 0.25) is 5.02 Å². The van der Waals surface area contributed by atoms with E-state index >= 15 is 0 Å². The van der Waals surface area contributed by atoms with Crippen molar-refractivity contribution in [1.82, 2.24) is 14.5 Å². The Morgan fingerprint density at radius 1 is 0.842 bits per heavy atom. The number of rotatable bonds is 15. The molecule has 0 unspecified atom stereocenters. The lowest BCUT2D eigenvalue weighted by molar-refractivity contribution is 0.0370. The van der Waals surface area contributed by atoms with Crippen LogP contribution in [0.25, 0.3) is 16.7 Å². The third-order valence-electron chi connectivity index (χ3n) is 10.6. The second kappa shape index (κ2) is 19.4. The summed E-state index contributed by atoms with van der Waals surface area (Å²) in [6, 6.07) is 39.1. The average molecular weight is 822 g/mol. The van der Waals surface area contributed by atoms with Gasteiger partial charge in [-0.25, -0.2) is 13.1 Å². The lowest BCUT2D eigenvalue weighted by Crippen LogP contribution is -2.39. The van der Waals surface area contributed by atoms with Gasteiger partial charge in [0.05, 0.1) is 18.1 Å². The third kappa shape index (κ3) is 11.2. The van der Waals surface area contributed by atoms with E-state index in [1.165, 1.54) is 21.6 Å². The molecule has 2 heterocycles. The lowest BCUT2D eigenvalue weighted by Gasteiger charge is -2.29. The minimum absolute atomic E-state index is 0.0479. The van der Waals surface area contributed by atoms with Gasteiger partial charge in [0.15, 0.2) is 0 Å². The molecule has 11 heteroatoms. The maximum atomic E-state index is 13.4. The van der Waals surface area contributed by atoms with Crippen molar-refractivity contribution in [2.45, 2.75) is 42.1 Å². The van der Waals surface area contributed by atoms with Gasteiger partial charge in [-0.1, -0.05) is 84.4 Å². The number of morpholine rings is 1. The molecule has 1 amide bonds. The van der Waals surface area contributed by atoms with Crippen molar-refractivity contribution >= 4 is 50.6 Å². The number of hydrogen-bond acceptors (Lipinski definition) is 8. The Morgan fingerprint density at radius 2 is 1.56 bits per heavy atom. The first kappa shape index (κ1) is 40.8. The van der Waals surface area contributed by atoms with E-state index in [1.54, 1.807) is 42.1 Å². The van der Waals surface area contributed by atoms with Crippen LogP contribution < -0.4 is 10.0 Å². The highest BCUT2D eigenvalue weighted by molar-refractivity contribution is 7.99. The molecule has 2 N–H and O–H groups in total. The Hall–Kier alpha value is -4.42.